The molecule has 0 saturated carbocycles. The van der Waals surface area contributed by atoms with E-state index in [1.165, 1.54) is 0 Å². The SMILES string of the molecule is Nc1nc(Cl)nc2c1nc(Cc1nc3ccccc3[nH]1)n2CCN1CCOCC1. The van der Waals surface area contributed by atoms with Crippen LogP contribution in [0.1, 0.15) is 11.6 Å². The summed E-state index contributed by atoms with van der Waals surface area (Å²) in [5, 5.41) is 0.123. The molecule has 0 unspecified atom stereocenters. The van der Waals surface area contributed by atoms with E-state index in [-0.39, 0.29) is 11.1 Å². The van der Waals surface area contributed by atoms with E-state index in [0.717, 1.165) is 62.1 Å². The number of aromatic nitrogens is 6. The molecule has 5 rings (SSSR count). The normalized spacial score (nSPS) is 15.5. The van der Waals surface area contributed by atoms with Crippen molar-refractivity contribution in [1.82, 2.24) is 34.4 Å². The van der Waals surface area contributed by atoms with E-state index in [0.29, 0.717) is 17.6 Å². The van der Waals surface area contributed by atoms with Gasteiger partial charge in [0, 0.05) is 26.2 Å². The average molecular weight is 413 g/mol. The van der Waals surface area contributed by atoms with Gasteiger partial charge in [-0.25, -0.2) is 9.97 Å². The first kappa shape index (κ1) is 18.3. The molecule has 4 aromatic rings. The Balaban J connectivity index is 1.51. The van der Waals surface area contributed by atoms with Gasteiger partial charge in [0.2, 0.25) is 5.28 Å². The number of rotatable bonds is 5. The maximum absolute atomic E-state index is 6.08. The average Bonchev–Trinajstić information content (AvgIpc) is 3.28. The molecular formula is C19H21ClN8O. The van der Waals surface area contributed by atoms with Gasteiger partial charge in [0.05, 0.1) is 30.7 Å². The molecule has 0 radical (unpaired) electrons. The number of H-pyrrole nitrogens is 1. The molecule has 4 heterocycles. The fraction of sp³-hybridized carbons (Fsp3) is 0.368. The van der Waals surface area contributed by atoms with Gasteiger partial charge in [-0.2, -0.15) is 9.97 Å². The van der Waals surface area contributed by atoms with Crippen molar-refractivity contribution in [3.05, 3.63) is 41.2 Å². The number of benzene rings is 1. The number of morpholine rings is 1. The molecule has 0 amide bonds. The molecule has 3 aromatic heterocycles. The number of hydrogen-bond acceptors (Lipinski definition) is 7. The molecule has 150 valence electrons. The van der Waals surface area contributed by atoms with Gasteiger partial charge in [0.1, 0.15) is 11.6 Å². The first-order valence-electron chi connectivity index (χ1n) is 9.59. The van der Waals surface area contributed by atoms with Crippen LogP contribution in [0, 0.1) is 0 Å². The second-order valence-corrected chi connectivity index (χ2v) is 7.40. The number of nitrogens with one attached hydrogen (secondary N) is 1. The molecule has 1 aromatic carbocycles. The molecular weight excluding hydrogens is 392 g/mol. The highest BCUT2D eigenvalue weighted by atomic mass is 35.5. The molecule has 1 saturated heterocycles. The van der Waals surface area contributed by atoms with E-state index in [1.807, 2.05) is 24.3 Å². The predicted octanol–water partition coefficient (Wildman–Crippen LogP) is 1.86. The Morgan fingerprint density at radius 2 is 1.90 bits per heavy atom. The Hall–Kier alpha value is -2.75. The topological polar surface area (TPSA) is 111 Å². The second-order valence-electron chi connectivity index (χ2n) is 7.06. The number of ether oxygens (including phenoxy) is 1. The van der Waals surface area contributed by atoms with Gasteiger partial charge in [-0.3, -0.25) is 4.90 Å². The van der Waals surface area contributed by atoms with Crippen LogP contribution in [0.4, 0.5) is 5.82 Å². The number of nitrogens with zero attached hydrogens (tertiary/aromatic N) is 6. The summed E-state index contributed by atoms with van der Waals surface area (Å²) in [5.74, 6) is 1.96. The highest BCUT2D eigenvalue weighted by Gasteiger charge is 2.19. The monoisotopic (exact) mass is 412 g/mol. The summed E-state index contributed by atoms with van der Waals surface area (Å²) in [5.41, 5.74) is 9.23. The zero-order valence-electron chi connectivity index (χ0n) is 15.8. The lowest BCUT2D eigenvalue weighted by atomic mass is 10.3. The third kappa shape index (κ3) is 3.64. The smallest absolute Gasteiger partial charge is 0.226 e. The zero-order chi connectivity index (χ0) is 19.8. The van der Waals surface area contributed by atoms with Gasteiger partial charge in [-0.15, -0.1) is 0 Å². The highest BCUT2D eigenvalue weighted by Crippen LogP contribution is 2.23. The van der Waals surface area contributed by atoms with Gasteiger partial charge >= 0.3 is 0 Å². The number of para-hydroxylation sites is 2. The van der Waals surface area contributed by atoms with Crippen LogP contribution < -0.4 is 5.73 Å². The van der Waals surface area contributed by atoms with Crippen LogP contribution in [0.25, 0.3) is 22.2 Å². The number of anilines is 1. The minimum Gasteiger partial charge on any atom is -0.382 e. The largest absolute Gasteiger partial charge is 0.382 e. The van der Waals surface area contributed by atoms with Crippen LogP contribution in [0.5, 0.6) is 0 Å². The van der Waals surface area contributed by atoms with Crippen molar-refractivity contribution >= 4 is 39.6 Å². The van der Waals surface area contributed by atoms with E-state index >= 15 is 0 Å². The number of aromatic amines is 1. The summed E-state index contributed by atoms with van der Waals surface area (Å²) in [6, 6.07) is 7.96. The van der Waals surface area contributed by atoms with E-state index in [2.05, 4.69) is 29.4 Å². The molecule has 1 fully saturated rings. The van der Waals surface area contributed by atoms with Crippen molar-refractivity contribution in [2.24, 2.45) is 0 Å². The lowest BCUT2D eigenvalue weighted by molar-refractivity contribution is 0.0364. The summed E-state index contributed by atoms with van der Waals surface area (Å²) in [7, 11) is 0. The third-order valence-electron chi connectivity index (χ3n) is 5.18. The minimum atomic E-state index is 0.123. The van der Waals surface area contributed by atoms with E-state index < -0.39 is 0 Å². The molecule has 29 heavy (non-hydrogen) atoms. The van der Waals surface area contributed by atoms with Crippen molar-refractivity contribution in [3.63, 3.8) is 0 Å². The fourth-order valence-electron chi connectivity index (χ4n) is 3.71. The highest BCUT2D eigenvalue weighted by molar-refractivity contribution is 6.28. The Bertz CT molecular complexity index is 1130. The molecule has 1 aliphatic rings. The Labute approximate surface area is 171 Å². The first-order valence-corrected chi connectivity index (χ1v) is 9.97. The van der Waals surface area contributed by atoms with Crippen molar-refractivity contribution in [2.75, 3.05) is 38.6 Å². The molecule has 0 atom stereocenters. The summed E-state index contributed by atoms with van der Waals surface area (Å²) < 4.78 is 7.51. The molecule has 9 nitrogen and oxygen atoms in total. The predicted molar refractivity (Wildman–Crippen MR) is 111 cm³/mol. The van der Waals surface area contributed by atoms with Crippen LogP contribution in [-0.2, 0) is 17.7 Å². The fourth-order valence-corrected chi connectivity index (χ4v) is 3.89. The van der Waals surface area contributed by atoms with E-state index in [9.17, 15) is 0 Å². The van der Waals surface area contributed by atoms with E-state index in [1.54, 1.807) is 0 Å². The summed E-state index contributed by atoms with van der Waals surface area (Å²) in [4.78, 5) is 23.6. The molecule has 0 spiro atoms. The van der Waals surface area contributed by atoms with Crippen LogP contribution in [0.2, 0.25) is 5.28 Å². The van der Waals surface area contributed by atoms with Crippen LogP contribution in [0.3, 0.4) is 0 Å². The molecule has 3 N–H and O–H groups in total. The number of imidazole rings is 2. The van der Waals surface area contributed by atoms with Crippen molar-refractivity contribution in [3.8, 4) is 0 Å². The lowest BCUT2D eigenvalue weighted by Gasteiger charge is -2.26. The number of hydrogen-bond donors (Lipinski definition) is 2. The molecule has 0 bridgehead atoms. The van der Waals surface area contributed by atoms with Crippen molar-refractivity contribution in [2.45, 2.75) is 13.0 Å². The maximum atomic E-state index is 6.08. The number of nitrogen functional groups attached to an aromatic ring is 1. The van der Waals surface area contributed by atoms with Gasteiger partial charge in [-0.05, 0) is 23.7 Å². The Morgan fingerprint density at radius 1 is 1.07 bits per heavy atom. The summed E-state index contributed by atoms with van der Waals surface area (Å²) in [6.07, 6.45) is 0.533. The minimum absolute atomic E-state index is 0.123. The molecule has 0 aliphatic carbocycles. The Kier molecular flexibility index (Phi) is 4.78. The van der Waals surface area contributed by atoms with Crippen molar-refractivity contribution in [1.29, 1.82) is 0 Å². The van der Waals surface area contributed by atoms with Crippen molar-refractivity contribution < 1.29 is 4.74 Å². The number of fused-ring (bicyclic) bond motifs is 2. The lowest BCUT2D eigenvalue weighted by Crippen LogP contribution is -2.38. The number of halogens is 1. The second kappa shape index (κ2) is 7.58. The zero-order valence-corrected chi connectivity index (χ0v) is 16.6. The summed E-state index contributed by atoms with van der Waals surface area (Å²) in [6.45, 7) is 4.95. The van der Waals surface area contributed by atoms with E-state index in [4.69, 9.17) is 27.1 Å². The Morgan fingerprint density at radius 3 is 2.72 bits per heavy atom. The molecule has 1 aliphatic heterocycles. The van der Waals surface area contributed by atoms with Gasteiger partial charge in [0.15, 0.2) is 17.0 Å². The standard InChI is InChI=1S/C19H21ClN8O/c20-19-25-17(21)16-18(26-19)28(6-5-27-7-9-29-10-8-27)15(24-16)11-14-22-12-3-1-2-4-13(12)23-14/h1-4H,5-11H2,(H,22,23)(H2,21,25,26). The first-order chi connectivity index (χ1) is 14.2. The molecule has 10 heteroatoms. The van der Waals surface area contributed by atoms with Crippen LogP contribution in [-0.4, -0.2) is 67.2 Å². The maximum Gasteiger partial charge on any atom is 0.226 e. The quantitative estimate of drug-likeness (QED) is 0.481. The number of nitrogens with two attached hydrogens (primary N) is 1. The van der Waals surface area contributed by atoms with Gasteiger partial charge in [0.25, 0.3) is 0 Å². The van der Waals surface area contributed by atoms with Crippen LogP contribution in [0.15, 0.2) is 24.3 Å². The van der Waals surface area contributed by atoms with Gasteiger partial charge in [-0.1, -0.05) is 12.1 Å². The van der Waals surface area contributed by atoms with Crippen LogP contribution >= 0.6 is 11.6 Å². The third-order valence-corrected chi connectivity index (χ3v) is 5.35. The van der Waals surface area contributed by atoms with Gasteiger partial charge < -0.3 is 20.0 Å². The summed E-state index contributed by atoms with van der Waals surface area (Å²) >= 11 is 6.08.